The Morgan fingerprint density at radius 1 is 0.828 bits per heavy atom. The first-order chi connectivity index (χ1) is 14.1. The maximum absolute atomic E-state index is 13.1. The molecule has 144 valence electrons. The Hall–Kier alpha value is -3.04. The number of hydrogen-bond acceptors (Lipinski definition) is 2. The van der Waals surface area contributed by atoms with Crippen molar-refractivity contribution in [3.8, 4) is 0 Å². The van der Waals surface area contributed by atoms with Crippen molar-refractivity contribution in [3.05, 3.63) is 119 Å². The van der Waals surface area contributed by atoms with E-state index in [-0.39, 0.29) is 5.76 Å². The van der Waals surface area contributed by atoms with E-state index in [1.807, 2.05) is 97.9 Å². The van der Waals surface area contributed by atoms with Crippen LogP contribution < -0.4 is 10.1 Å². The van der Waals surface area contributed by atoms with Crippen molar-refractivity contribution in [1.29, 1.82) is 0 Å². The van der Waals surface area contributed by atoms with E-state index in [0.29, 0.717) is 0 Å². The Labute approximate surface area is 176 Å². The topological polar surface area (TPSA) is 37.0 Å². The van der Waals surface area contributed by atoms with Gasteiger partial charge in [-0.3, -0.25) is 0 Å². The first kappa shape index (κ1) is 19.3. The fourth-order valence-corrected chi connectivity index (χ4v) is 5.08. The molecule has 0 aliphatic heterocycles. The number of benzene rings is 3. The number of hydrogen-bond donors (Lipinski definition) is 1. The van der Waals surface area contributed by atoms with Crippen molar-refractivity contribution in [2.45, 2.75) is 18.6 Å². The number of nitrogens with one attached hydrogen (secondary N) is 1. The average Bonchev–Trinajstić information content (AvgIpc) is 3.33. The second-order valence-corrected chi connectivity index (χ2v) is 8.61. The Kier molecular flexibility index (Phi) is 5.41. The van der Waals surface area contributed by atoms with Gasteiger partial charge in [0.25, 0.3) is 0 Å². The van der Waals surface area contributed by atoms with Gasteiger partial charge in [0.15, 0.2) is 5.71 Å². The SMILES string of the molecule is CC(/C=C(/C)SC1(c2ccccc2)C([O-])=C1c1ccccc1)=[NH+]c1ccccc1. The molecule has 0 heterocycles. The van der Waals surface area contributed by atoms with Gasteiger partial charge < -0.3 is 5.11 Å². The summed E-state index contributed by atoms with van der Waals surface area (Å²) in [5.41, 5.74) is 5.02. The number of allylic oxidation sites excluding steroid dienone is 2. The van der Waals surface area contributed by atoms with Crippen molar-refractivity contribution in [1.82, 2.24) is 0 Å². The molecular formula is C26H23NOS. The molecule has 4 rings (SSSR count). The zero-order valence-corrected chi connectivity index (χ0v) is 17.4. The fourth-order valence-electron chi connectivity index (χ4n) is 3.65. The molecule has 0 aromatic heterocycles. The Morgan fingerprint density at radius 3 is 2.00 bits per heavy atom. The largest absolute Gasteiger partial charge is 0.874 e. The summed E-state index contributed by atoms with van der Waals surface area (Å²) in [5, 5.41) is 13.1. The van der Waals surface area contributed by atoms with Gasteiger partial charge in [-0.15, -0.1) is 17.5 Å². The van der Waals surface area contributed by atoms with Crippen LogP contribution in [-0.4, -0.2) is 5.71 Å². The van der Waals surface area contributed by atoms with E-state index < -0.39 is 4.75 Å². The Bertz CT molecular complexity index is 1090. The van der Waals surface area contributed by atoms with E-state index in [9.17, 15) is 5.11 Å². The summed E-state index contributed by atoms with van der Waals surface area (Å²) in [4.78, 5) is 4.50. The number of para-hydroxylation sites is 1. The van der Waals surface area contributed by atoms with Crippen molar-refractivity contribution in [3.63, 3.8) is 0 Å². The standard InChI is InChI=1S/C26H23NOS/c1-19(27-23-16-10-5-11-17-23)18-20(2)29-26(22-14-8-4-9-15-22)24(25(26)28)21-12-6-3-7-13-21/h3-18,28H,1-2H3/b20-18-,27-19?. The molecule has 29 heavy (non-hydrogen) atoms. The minimum Gasteiger partial charge on any atom is -0.874 e. The molecule has 1 aliphatic rings. The molecule has 2 nitrogen and oxygen atoms in total. The lowest BCUT2D eigenvalue weighted by Gasteiger charge is -2.23. The molecule has 0 amide bonds. The molecule has 3 aromatic rings. The van der Waals surface area contributed by atoms with Crippen molar-refractivity contribution in [2.24, 2.45) is 0 Å². The van der Waals surface area contributed by atoms with Gasteiger partial charge in [-0.1, -0.05) is 78.9 Å². The van der Waals surface area contributed by atoms with E-state index in [1.165, 1.54) is 0 Å². The molecule has 1 aliphatic carbocycles. The van der Waals surface area contributed by atoms with Crippen LogP contribution in [-0.2, 0) is 4.75 Å². The van der Waals surface area contributed by atoms with Crippen LogP contribution in [0.4, 0.5) is 5.69 Å². The van der Waals surface area contributed by atoms with E-state index in [2.05, 4.69) is 18.0 Å². The van der Waals surface area contributed by atoms with E-state index in [0.717, 1.165) is 33.0 Å². The van der Waals surface area contributed by atoms with Crippen LogP contribution in [0.3, 0.4) is 0 Å². The monoisotopic (exact) mass is 397 g/mol. The highest BCUT2D eigenvalue weighted by molar-refractivity contribution is 8.05. The summed E-state index contributed by atoms with van der Waals surface area (Å²) >= 11 is 1.63. The zero-order valence-electron chi connectivity index (χ0n) is 16.6. The summed E-state index contributed by atoms with van der Waals surface area (Å²) in [6.07, 6.45) is 2.11. The quantitative estimate of drug-likeness (QED) is 0.634. The maximum Gasteiger partial charge on any atom is 0.203 e. The molecule has 0 fully saturated rings. The van der Waals surface area contributed by atoms with Crippen LogP contribution in [0.15, 0.2) is 108 Å². The number of thioether (sulfide) groups is 1. The van der Waals surface area contributed by atoms with E-state index >= 15 is 0 Å². The average molecular weight is 398 g/mol. The second-order valence-electron chi connectivity index (χ2n) is 7.15. The first-order valence-electron chi connectivity index (χ1n) is 9.67. The second kappa shape index (κ2) is 8.14. The van der Waals surface area contributed by atoms with Crippen LogP contribution in [0.2, 0.25) is 0 Å². The summed E-state index contributed by atoms with van der Waals surface area (Å²) < 4.78 is -0.629. The van der Waals surface area contributed by atoms with Crippen molar-refractivity contribution >= 4 is 28.7 Å². The van der Waals surface area contributed by atoms with Gasteiger partial charge >= 0.3 is 0 Å². The van der Waals surface area contributed by atoms with Gasteiger partial charge in [0.05, 0.1) is 4.75 Å². The maximum atomic E-state index is 13.1. The van der Waals surface area contributed by atoms with Crippen LogP contribution >= 0.6 is 11.8 Å². The lowest BCUT2D eigenvalue weighted by molar-refractivity contribution is -0.353. The van der Waals surface area contributed by atoms with Gasteiger partial charge in [0.1, 0.15) is 0 Å². The third kappa shape index (κ3) is 3.92. The van der Waals surface area contributed by atoms with Gasteiger partial charge in [-0.25, -0.2) is 4.99 Å². The summed E-state index contributed by atoms with van der Waals surface area (Å²) in [5.74, 6) is 0.196. The molecule has 0 saturated carbocycles. The van der Waals surface area contributed by atoms with Gasteiger partial charge in [0, 0.05) is 25.1 Å². The third-order valence-corrected chi connectivity index (χ3v) is 6.30. The minimum absolute atomic E-state index is 0.196. The summed E-state index contributed by atoms with van der Waals surface area (Å²) in [7, 11) is 0. The third-order valence-electron chi connectivity index (χ3n) is 4.93. The van der Waals surface area contributed by atoms with Crippen LogP contribution in [0.25, 0.3) is 5.57 Å². The molecule has 0 radical (unpaired) electrons. The van der Waals surface area contributed by atoms with E-state index in [1.54, 1.807) is 11.8 Å². The molecule has 0 saturated heterocycles. The highest BCUT2D eigenvalue weighted by atomic mass is 32.2. The van der Waals surface area contributed by atoms with Crippen molar-refractivity contribution < 1.29 is 10.1 Å². The normalized spacial score (nSPS) is 19.4. The minimum atomic E-state index is -0.629. The fraction of sp³-hybridized carbons (Fsp3) is 0.115. The summed E-state index contributed by atoms with van der Waals surface area (Å²) in [6, 6.07) is 30.2. The number of rotatable bonds is 6. The van der Waals surface area contributed by atoms with Crippen molar-refractivity contribution in [2.75, 3.05) is 0 Å². The molecule has 1 unspecified atom stereocenters. The Balaban J connectivity index is 1.65. The molecule has 3 heteroatoms. The highest BCUT2D eigenvalue weighted by Crippen LogP contribution is 2.65. The van der Waals surface area contributed by atoms with Gasteiger partial charge in [-0.2, -0.15) is 0 Å². The molecule has 1 atom stereocenters. The predicted octanol–water partition coefficient (Wildman–Crippen LogP) is 4.18. The molecule has 0 bridgehead atoms. The summed E-state index contributed by atoms with van der Waals surface area (Å²) in [6.45, 7) is 4.11. The predicted molar refractivity (Wildman–Crippen MR) is 121 cm³/mol. The van der Waals surface area contributed by atoms with Gasteiger partial charge in [-0.05, 0) is 28.5 Å². The molecular weight excluding hydrogens is 374 g/mol. The lowest BCUT2D eigenvalue weighted by atomic mass is 10.0. The lowest BCUT2D eigenvalue weighted by Crippen LogP contribution is -2.65. The smallest absolute Gasteiger partial charge is 0.203 e. The molecule has 0 spiro atoms. The highest BCUT2D eigenvalue weighted by Gasteiger charge is 2.50. The zero-order chi connectivity index (χ0) is 20.3. The van der Waals surface area contributed by atoms with Gasteiger partial charge in [0.2, 0.25) is 5.69 Å². The van der Waals surface area contributed by atoms with Crippen LogP contribution in [0.5, 0.6) is 0 Å². The van der Waals surface area contributed by atoms with Crippen LogP contribution in [0.1, 0.15) is 25.0 Å². The molecule has 3 aromatic carbocycles. The Morgan fingerprint density at radius 2 is 1.38 bits per heavy atom. The molecule has 1 N–H and O–H groups in total. The van der Waals surface area contributed by atoms with E-state index in [4.69, 9.17) is 0 Å². The first-order valence-corrected chi connectivity index (χ1v) is 10.5. The van der Waals surface area contributed by atoms with Crippen LogP contribution in [0, 0.1) is 0 Å².